The van der Waals surface area contributed by atoms with Crippen molar-refractivity contribution in [2.24, 2.45) is 7.05 Å². The summed E-state index contributed by atoms with van der Waals surface area (Å²) in [5.74, 6) is 1.59. The summed E-state index contributed by atoms with van der Waals surface area (Å²) in [6.45, 7) is 8.32. The highest BCUT2D eigenvalue weighted by molar-refractivity contribution is 5.85. The number of anilines is 1. The standard InChI is InChI=1S/C16H28N6.ClH/c1-12(2)15-14(16(20(4)5)21(6)19-15)9-18-13(3)10-22-8-7-17-11-22;/h7-8,11-13,18H,9-10H2,1-6H3;1H. The molecule has 1 N–H and O–H groups in total. The van der Waals surface area contributed by atoms with Crippen LogP contribution in [0.25, 0.3) is 0 Å². The molecule has 7 heteroatoms. The maximum Gasteiger partial charge on any atom is 0.130 e. The highest BCUT2D eigenvalue weighted by atomic mass is 35.5. The first-order chi connectivity index (χ1) is 10.4. The van der Waals surface area contributed by atoms with E-state index in [1.54, 1.807) is 0 Å². The van der Waals surface area contributed by atoms with Gasteiger partial charge in [-0.05, 0) is 12.8 Å². The Bertz CT molecular complexity index is 588. The molecule has 0 amide bonds. The van der Waals surface area contributed by atoms with Crippen LogP contribution in [0.5, 0.6) is 0 Å². The van der Waals surface area contributed by atoms with Crippen LogP contribution < -0.4 is 10.2 Å². The fraction of sp³-hybridized carbons (Fsp3) is 0.625. The molecule has 6 nitrogen and oxygen atoms in total. The topological polar surface area (TPSA) is 50.9 Å². The Kier molecular flexibility index (Phi) is 7.09. The molecule has 0 aliphatic rings. The van der Waals surface area contributed by atoms with Gasteiger partial charge in [-0.1, -0.05) is 13.8 Å². The van der Waals surface area contributed by atoms with Crippen LogP contribution in [-0.4, -0.2) is 39.5 Å². The second-order valence-corrected chi connectivity index (χ2v) is 6.40. The molecule has 0 aliphatic carbocycles. The monoisotopic (exact) mass is 340 g/mol. The van der Waals surface area contributed by atoms with Crippen molar-refractivity contribution in [1.29, 1.82) is 0 Å². The third kappa shape index (κ3) is 4.72. The molecule has 0 saturated carbocycles. The van der Waals surface area contributed by atoms with Gasteiger partial charge in [0, 0.05) is 58.2 Å². The van der Waals surface area contributed by atoms with Crippen molar-refractivity contribution in [3.05, 3.63) is 30.0 Å². The van der Waals surface area contributed by atoms with Gasteiger partial charge in [-0.25, -0.2) is 4.98 Å². The minimum absolute atomic E-state index is 0. The fourth-order valence-electron chi connectivity index (χ4n) is 2.82. The van der Waals surface area contributed by atoms with Crippen LogP contribution in [0.15, 0.2) is 18.7 Å². The molecule has 1 unspecified atom stereocenters. The number of rotatable bonds is 7. The van der Waals surface area contributed by atoms with Crippen LogP contribution in [-0.2, 0) is 20.1 Å². The number of imidazole rings is 1. The first kappa shape index (κ1) is 19.5. The Morgan fingerprint density at radius 3 is 2.48 bits per heavy atom. The summed E-state index contributed by atoms with van der Waals surface area (Å²) in [4.78, 5) is 6.22. The summed E-state index contributed by atoms with van der Waals surface area (Å²) in [5, 5.41) is 8.32. The summed E-state index contributed by atoms with van der Waals surface area (Å²) in [6, 6.07) is 0.365. The zero-order valence-corrected chi connectivity index (χ0v) is 15.8. The number of halogens is 1. The van der Waals surface area contributed by atoms with Gasteiger partial charge in [0.1, 0.15) is 5.82 Å². The largest absolute Gasteiger partial charge is 0.363 e. The van der Waals surface area contributed by atoms with E-state index in [0.717, 1.165) is 13.1 Å². The van der Waals surface area contributed by atoms with Crippen molar-refractivity contribution >= 4 is 18.2 Å². The number of nitrogens with one attached hydrogen (secondary N) is 1. The maximum atomic E-state index is 4.70. The highest BCUT2D eigenvalue weighted by Crippen LogP contribution is 2.27. The van der Waals surface area contributed by atoms with E-state index in [4.69, 9.17) is 5.10 Å². The van der Waals surface area contributed by atoms with Crippen molar-refractivity contribution in [3.63, 3.8) is 0 Å². The second kappa shape index (κ2) is 8.36. The Morgan fingerprint density at radius 1 is 1.26 bits per heavy atom. The average molecular weight is 341 g/mol. The lowest BCUT2D eigenvalue weighted by molar-refractivity contribution is 0.474. The predicted octanol–water partition coefficient (Wildman–Crippen LogP) is 2.41. The molecule has 0 aliphatic heterocycles. The van der Waals surface area contributed by atoms with E-state index in [1.807, 2.05) is 30.5 Å². The first-order valence-electron chi connectivity index (χ1n) is 7.82. The molecule has 2 heterocycles. The second-order valence-electron chi connectivity index (χ2n) is 6.40. The zero-order chi connectivity index (χ0) is 16.3. The van der Waals surface area contributed by atoms with Gasteiger partial charge < -0.3 is 14.8 Å². The third-order valence-corrected chi connectivity index (χ3v) is 3.79. The number of nitrogens with zero attached hydrogens (tertiary/aromatic N) is 5. The Labute approximate surface area is 145 Å². The van der Waals surface area contributed by atoms with Crippen molar-refractivity contribution < 1.29 is 0 Å². The molecule has 0 saturated heterocycles. The van der Waals surface area contributed by atoms with Crippen LogP contribution >= 0.6 is 12.4 Å². The highest BCUT2D eigenvalue weighted by Gasteiger charge is 2.20. The van der Waals surface area contributed by atoms with E-state index in [-0.39, 0.29) is 12.4 Å². The summed E-state index contributed by atoms with van der Waals surface area (Å²) in [6.07, 6.45) is 5.66. The van der Waals surface area contributed by atoms with Gasteiger partial charge in [-0.3, -0.25) is 4.68 Å². The van der Waals surface area contributed by atoms with Crippen molar-refractivity contribution in [3.8, 4) is 0 Å². The van der Waals surface area contributed by atoms with Gasteiger partial charge in [0.2, 0.25) is 0 Å². The van der Waals surface area contributed by atoms with E-state index in [9.17, 15) is 0 Å². The summed E-state index contributed by atoms with van der Waals surface area (Å²) in [7, 11) is 6.15. The van der Waals surface area contributed by atoms with Crippen LogP contribution in [0.2, 0.25) is 0 Å². The van der Waals surface area contributed by atoms with Gasteiger partial charge in [-0.15, -0.1) is 12.4 Å². The molecule has 130 valence electrons. The molecule has 0 bridgehead atoms. The van der Waals surface area contributed by atoms with Crippen LogP contribution in [0.1, 0.15) is 37.9 Å². The Balaban J connectivity index is 0.00000264. The number of aromatic nitrogens is 4. The normalized spacial score (nSPS) is 12.3. The van der Waals surface area contributed by atoms with E-state index >= 15 is 0 Å². The minimum atomic E-state index is 0. The van der Waals surface area contributed by atoms with Crippen LogP contribution in [0.4, 0.5) is 5.82 Å². The maximum absolute atomic E-state index is 4.70. The number of aryl methyl sites for hydroxylation is 1. The lowest BCUT2D eigenvalue weighted by Crippen LogP contribution is -2.30. The Hall–Kier alpha value is -1.53. The van der Waals surface area contributed by atoms with Crippen molar-refractivity contribution in [2.45, 2.75) is 45.8 Å². The molecule has 2 rings (SSSR count). The zero-order valence-electron chi connectivity index (χ0n) is 14.9. The van der Waals surface area contributed by atoms with E-state index < -0.39 is 0 Å². The smallest absolute Gasteiger partial charge is 0.130 e. The predicted molar refractivity (Wildman–Crippen MR) is 97.4 cm³/mol. The lowest BCUT2D eigenvalue weighted by Gasteiger charge is -2.19. The summed E-state index contributed by atoms with van der Waals surface area (Å²) >= 11 is 0. The van der Waals surface area contributed by atoms with Gasteiger partial charge >= 0.3 is 0 Å². The molecule has 2 aromatic heterocycles. The van der Waals surface area contributed by atoms with Gasteiger partial charge in [-0.2, -0.15) is 5.10 Å². The Morgan fingerprint density at radius 2 is 1.96 bits per heavy atom. The van der Waals surface area contributed by atoms with Crippen molar-refractivity contribution in [2.75, 3.05) is 19.0 Å². The molecule has 0 aromatic carbocycles. The van der Waals surface area contributed by atoms with E-state index in [2.05, 4.69) is 54.6 Å². The van der Waals surface area contributed by atoms with Crippen LogP contribution in [0.3, 0.4) is 0 Å². The summed E-state index contributed by atoms with van der Waals surface area (Å²) < 4.78 is 4.07. The molecular weight excluding hydrogens is 312 g/mol. The quantitative estimate of drug-likeness (QED) is 0.841. The fourth-order valence-corrected chi connectivity index (χ4v) is 2.82. The van der Waals surface area contributed by atoms with Gasteiger partial charge in [0.15, 0.2) is 0 Å². The average Bonchev–Trinajstić information content (AvgIpc) is 3.03. The molecule has 1 atom stereocenters. The minimum Gasteiger partial charge on any atom is -0.363 e. The van der Waals surface area contributed by atoms with E-state index in [0.29, 0.717) is 12.0 Å². The first-order valence-corrected chi connectivity index (χ1v) is 7.82. The molecule has 23 heavy (non-hydrogen) atoms. The number of hydrogen-bond acceptors (Lipinski definition) is 4. The van der Waals surface area contributed by atoms with Gasteiger partial charge in [0.25, 0.3) is 0 Å². The van der Waals surface area contributed by atoms with E-state index in [1.165, 1.54) is 17.1 Å². The van der Waals surface area contributed by atoms with Gasteiger partial charge in [0.05, 0.1) is 12.0 Å². The van der Waals surface area contributed by atoms with Crippen molar-refractivity contribution in [1.82, 2.24) is 24.6 Å². The third-order valence-electron chi connectivity index (χ3n) is 3.79. The summed E-state index contributed by atoms with van der Waals surface area (Å²) in [5.41, 5.74) is 2.47. The molecule has 0 radical (unpaired) electrons. The lowest BCUT2D eigenvalue weighted by atomic mass is 10.1. The molecule has 2 aromatic rings. The SMILES string of the molecule is CC(Cn1ccnc1)NCc1c(C(C)C)nn(C)c1N(C)C.Cl. The van der Waals surface area contributed by atoms with Crippen LogP contribution in [0, 0.1) is 0 Å². The molecule has 0 spiro atoms. The molecular formula is C16H29ClN6. The number of hydrogen-bond donors (Lipinski definition) is 1. The molecule has 0 fully saturated rings.